The van der Waals surface area contributed by atoms with E-state index >= 15 is 0 Å². The van der Waals surface area contributed by atoms with Crippen molar-refractivity contribution in [2.24, 2.45) is 5.73 Å². The number of ether oxygens (including phenoxy) is 1. The molecule has 6 nitrogen and oxygen atoms in total. The van der Waals surface area contributed by atoms with Crippen molar-refractivity contribution in [2.45, 2.75) is 12.5 Å². The van der Waals surface area contributed by atoms with Gasteiger partial charge in [0, 0.05) is 27.7 Å². The second-order valence-electron chi connectivity index (χ2n) is 4.17. The van der Waals surface area contributed by atoms with Crippen molar-refractivity contribution in [1.82, 2.24) is 9.80 Å². The van der Waals surface area contributed by atoms with Gasteiger partial charge < -0.3 is 20.3 Å². The second kappa shape index (κ2) is 8.66. The van der Waals surface area contributed by atoms with E-state index in [0.29, 0.717) is 19.6 Å². The number of hydrogen-bond donors (Lipinski definition) is 1. The summed E-state index contributed by atoms with van der Waals surface area (Å²) < 4.78 is 4.92. The van der Waals surface area contributed by atoms with Crippen molar-refractivity contribution in [3.63, 3.8) is 0 Å². The van der Waals surface area contributed by atoms with Crippen LogP contribution in [0.4, 0.5) is 0 Å². The van der Waals surface area contributed by atoms with Gasteiger partial charge in [0.15, 0.2) is 0 Å². The van der Waals surface area contributed by atoms with E-state index in [-0.39, 0.29) is 18.4 Å². The molecule has 0 bridgehead atoms. The Labute approximate surface area is 108 Å². The van der Waals surface area contributed by atoms with Gasteiger partial charge in [-0.15, -0.1) is 6.58 Å². The Morgan fingerprint density at radius 1 is 1.44 bits per heavy atom. The summed E-state index contributed by atoms with van der Waals surface area (Å²) in [5, 5.41) is 0. The summed E-state index contributed by atoms with van der Waals surface area (Å²) in [6.45, 7) is 4.27. The number of hydrogen-bond acceptors (Lipinski definition) is 4. The van der Waals surface area contributed by atoms with Crippen LogP contribution in [0.1, 0.15) is 6.42 Å². The van der Waals surface area contributed by atoms with Crippen molar-refractivity contribution < 1.29 is 14.3 Å². The standard InChI is InChI=1S/C12H23N3O3/c1-5-6-10(13)12(17)15(7-8-18-4)9-11(16)14(2)3/h5,10H,1,6-9,13H2,2-4H3. The Morgan fingerprint density at radius 3 is 2.50 bits per heavy atom. The minimum Gasteiger partial charge on any atom is -0.383 e. The maximum absolute atomic E-state index is 12.0. The second-order valence-corrected chi connectivity index (χ2v) is 4.17. The van der Waals surface area contributed by atoms with E-state index in [9.17, 15) is 9.59 Å². The molecule has 0 aliphatic rings. The molecule has 2 N–H and O–H groups in total. The van der Waals surface area contributed by atoms with E-state index in [1.54, 1.807) is 27.3 Å². The van der Waals surface area contributed by atoms with Gasteiger partial charge in [-0.2, -0.15) is 0 Å². The minimum atomic E-state index is -0.658. The highest BCUT2D eigenvalue weighted by molar-refractivity contribution is 5.87. The predicted octanol–water partition coefficient (Wildman–Crippen LogP) is -0.547. The highest BCUT2D eigenvalue weighted by Crippen LogP contribution is 1.99. The van der Waals surface area contributed by atoms with Gasteiger partial charge in [-0.1, -0.05) is 6.08 Å². The molecule has 0 aliphatic heterocycles. The highest BCUT2D eigenvalue weighted by atomic mass is 16.5. The van der Waals surface area contributed by atoms with Crippen LogP contribution in [0.2, 0.25) is 0 Å². The zero-order valence-electron chi connectivity index (χ0n) is 11.4. The van der Waals surface area contributed by atoms with E-state index < -0.39 is 6.04 Å². The molecule has 0 aliphatic carbocycles. The van der Waals surface area contributed by atoms with Gasteiger partial charge in [0.05, 0.1) is 19.2 Å². The van der Waals surface area contributed by atoms with E-state index in [1.165, 1.54) is 9.80 Å². The molecule has 0 radical (unpaired) electrons. The third-order valence-electron chi connectivity index (χ3n) is 2.44. The van der Waals surface area contributed by atoms with Crippen LogP contribution in [-0.4, -0.2) is 68.6 Å². The fourth-order valence-electron chi connectivity index (χ4n) is 1.29. The van der Waals surface area contributed by atoms with Gasteiger partial charge in [-0.25, -0.2) is 0 Å². The number of carbonyl (C=O) groups excluding carboxylic acids is 2. The maximum atomic E-state index is 12.0. The summed E-state index contributed by atoms with van der Waals surface area (Å²) in [5.74, 6) is -0.410. The molecule has 2 amide bonds. The molecule has 6 heteroatoms. The normalized spacial score (nSPS) is 11.8. The molecule has 104 valence electrons. The molecule has 0 rings (SSSR count). The average molecular weight is 257 g/mol. The summed E-state index contributed by atoms with van der Waals surface area (Å²) >= 11 is 0. The molecule has 0 fully saturated rings. The molecule has 1 atom stereocenters. The number of likely N-dealkylation sites (N-methyl/N-ethyl adjacent to an activating group) is 1. The average Bonchev–Trinajstić information content (AvgIpc) is 2.33. The fraction of sp³-hybridized carbons (Fsp3) is 0.667. The first kappa shape index (κ1) is 16.6. The van der Waals surface area contributed by atoms with Gasteiger partial charge >= 0.3 is 0 Å². The quantitative estimate of drug-likeness (QED) is 0.592. The van der Waals surface area contributed by atoms with Crippen LogP contribution < -0.4 is 5.73 Å². The van der Waals surface area contributed by atoms with Crippen molar-refractivity contribution in [3.8, 4) is 0 Å². The lowest BCUT2D eigenvalue weighted by atomic mass is 10.2. The van der Waals surface area contributed by atoms with E-state index in [1.807, 2.05) is 0 Å². The maximum Gasteiger partial charge on any atom is 0.241 e. The van der Waals surface area contributed by atoms with Crippen LogP contribution in [0, 0.1) is 0 Å². The van der Waals surface area contributed by atoms with Crippen molar-refractivity contribution in [1.29, 1.82) is 0 Å². The van der Waals surface area contributed by atoms with Gasteiger partial charge in [0.1, 0.15) is 0 Å². The lowest BCUT2D eigenvalue weighted by Crippen LogP contribution is -2.48. The first-order valence-electron chi connectivity index (χ1n) is 5.78. The number of nitrogens with two attached hydrogens (primary N) is 1. The fourth-order valence-corrected chi connectivity index (χ4v) is 1.29. The molecule has 18 heavy (non-hydrogen) atoms. The molecule has 0 aromatic carbocycles. The topological polar surface area (TPSA) is 75.9 Å². The number of methoxy groups -OCH3 is 1. The Hall–Kier alpha value is -1.40. The monoisotopic (exact) mass is 257 g/mol. The largest absolute Gasteiger partial charge is 0.383 e. The van der Waals surface area contributed by atoms with Crippen LogP contribution >= 0.6 is 0 Å². The Bertz CT molecular complexity index is 292. The van der Waals surface area contributed by atoms with E-state index in [2.05, 4.69) is 6.58 Å². The third kappa shape index (κ3) is 5.79. The lowest BCUT2D eigenvalue weighted by Gasteiger charge is -2.25. The number of rotatable bonds is 8. The number of carbonyl (C=O) groups is 2. The molecule has 0 heterocycles. The Morgan fingerprint density at radius 2 is 2.06 bits per heavy atom. The summed E-state index contributed by atoms with van der Waals surface area (Å²) in [6.07, 6.45) is 1.98. The SMILES string of the molecule is C=CCC(N)C(=O)N(CCOC)CC(=O)N(C)C. The predicted molar refractivity (Wildman–Crippen MR) is 69.9 cm³/mol. The molecule has 0 spiro atoms. The summed E-state index contributed by atoms with van der Waals surface area (Å²) in [5.41, 5.74) is 5.72. The summed E-state index contributed by atoms with van der Waals surface area (Å²) in [7, 11) is 4.83. The van der Waals surface area contributed by atoms with Crippen molar-refractivity contribution >= 4 is 11.8 Å². The Balaban J connectivity index is 4.60. The molecule has 0 aromatic heterocycles. The lowest BCUT2D eigenvalue weighted by molar-refractivity contribution is -0.140. The third-order valence-corrected chi connectivity index (χ3v) is 2.44. The van der Waals surface area contributed by atoms with Crippen molar-refractivity contribution in [2.75, 3.05) is 40.9 Å². The number of nitrogens with zero attached hydrogens (tertiary/aromatic N) is 2. The first-order valence-corrected chi connectivity index (χ1v) is 5.78. The van der Waals surface area contributed by atoms with Gasteiger partial charge in [-0.3, -0.25) is 9.59 Å². The van der Waals surface area contributed by atoms with Crippen LogP contribution in [0.5, 0.6) is 0 Å². The molecule has 0 saturated heterocycles. The smallest absolute Gasteiger partial charge is 0.241 e. The van der Waals surface area contributed by atoms with E-state index in [0.717, 1.165) is 0 Å². The van der Waals surface area contributed by atoms with Crippen LogP contribution in [-0.2, 0) is 14.3 Å². The first-order chi connectivity index (χ1) is 8.43. The summed E-state index contributed by atoms with van der Waals surface area (Å²) in [4.78, 5) is 26.5. The molecule has 1 unspecified atom stereocenters. The molecular formula is C12H23N3O3. The van der Waals surface area contributed by atoms with Crippen LogP contribution in [0.3, 0.4) is 0 Å². The molecule has 0 saturated carbocycles. The van der Waals surface area contributed by atoms with E-state index in [4.69, 9.17) is 10.5 Å². The van der Waals surface area contributed by atoms with Gasteiger partial charge in [0.25, 0.3) is 0 Å². The molecular weight excluding hydrogens is 234 g/mol. The van der Waals surface area contributed by atoms with Gasteiger partial charge in [0.2, 0.25) is 11.8 Å². The highest BCUT2D eigenvalue weighted by Gasteiger charge is 2.22. The van der Waals surface area contributed by atoms with Crippen LogP contribution in [0.25, 0.3) is 0 Å². The minimum absolute atomic E-state index is 0.0139. The zero-order valence-corrected chi connectivity index (χ0v) is 11.4. The zero-order chi connectivity index (χ0) is 14.1. The van der Waals surface area contributed by atoms with Crippen molar-refractivity contribution in [3.05, 3.63) is 12.7 Å². The van der Waals surface area contributed by atoms with Crippen LogP contribution in [0.15, 0.2) is 12.7 Å². The molecule has 0 aromatic rings. The summed E-state index contributed by atoms with van der Waals surface area (Å²) in [6, 6.07) is -0.658. The number of amides is 2. The van der Waals surface area contributed by atoms with Gasteiger partial charge in [-0.05, 0) is 6.42 Å². The Kier molecular flexibility index (Phi) is 7.98.